The van der Waals surface area contributed by atoms with Gasteiger partial charge in [-0.05, 0) is 48.2 Å². The van der Waals surface area contributed by atoms with Crippen LogP contribution in [0.15, 0.2) is 52.5 Å². The molecule has 0 atom stereocenters. The molecule has 3 N–H and O–H groups in total. The number of rotatable bonds is 4. The lowest BCUT2D eigenvalue weighted by atomic mass is 10.1. The van der Waals surface area contributed by atoms with Crippen molar-refractivity contribution in [3.63, 3.8) is 0 Å². The molecule has 2 aromatic rings. The molecule has 1 aliphatic heterocycles. The predicted molar refractivity (Wildman–Crippen MR) is 95.4 cm³/mol. The molecular formula is C17H11N3O5S. The number of amidine groups is 1. The van der Waals surface area contributed by atoms with E-state index in [1.165, 1.54) is 12.1 Å². The van der Waals surface area contributed by atoms with Gasteiger partial charge < -0.3 is 15.5 Å². The Labute approximate surface area is 151 Å². The van der Waals surface area contributed by atoms with Gasteiger partial charge in [0.2, 0.25) is 0 Å². The van der Waals surface area contributed by atoms with Crippen LogP contribution in [0.25, 0.3) is 6.08 Å². The molecule has 1 aromatic carbocycles. The van der Waals surface area contributed by atoms with Crippen LogP contribution in [0.5, 0.6) is 0 Å². The van der Waals surface area contributed by atoms with Gasteiger partial charge in [0.15, 0.2) is 5.17 Å². The number of carbonyl (C=O) groups is 3. The Morgan fingerprint density at radius 1 is 1.12 bits per heavy atom. The lowest BCUT2D eigenvalue weighted by molar-refractivity contribution is -0.115. The maximum Gasteiger partial charge on any atom is 0.335 e. The average molecular weight is 369 g/mol. The largest absolute Gasteiger partial charge is 0.478 e. The topological polar surface area (TPSA) is 129 Å². The normalized spacial score (nSPS) is 16.7. The van der Waals surface area contributed by atoms with E-state index >= 15 is 0 Å². The van der Waals surface area contributed by atoms with Crippen molar-refractivity contribution >= 4 is 46.5 Å². The van der Waals surface area contributed by atoms with E-state index in [0.29, 0.717) is 10.6 Å². The SMILES string of the molecule is O=C1NC(=Nc2cc(C(=O)O)cc(C(=O)O)c2)S/C1=C\c1ccccn1. The smallest absolute Gasteiger partial charge is 0.335 e. The van der Waals surface area contributed by atoms with Gasteiger partial charge in [-0.2, -0.15) is 0 Å². The zero-order chi connectivity index (χ0) is 18.7. The van der Waals surface area contributed by atoms with E-state index in [1.54, 1.807) is 30.5 Å². The van der Waals surface area contributed by atoms with Gasteiger partial charge in [-0.1, -0.05) is 6.07 Å². The minimum absolute atomic E-state index is 0.115. The van der Waals surface area contributed by atoms with Gasteiger partial charge in [0.05, 0.1) is 27.4 Å². The summed E-state index contributed by atoms with van der Waals surface area (Å²) in [7, 11) is 0. The van der Waals surface area contributed by atoms with Gasteiger partial charge in [-0.25, -0.2) is 14.6 Å². The number of hydrogen-bond acceptors (Lipinski definition) is 6. The van der Waals surface area contributed by atoms with Crippen molar-refractivity contribution in [3.8, 4) is 0 Å². The molecule has 1 fully saturated rings. The van der Waals surface area contributed by atoms with E-state index in [4.69, 9.17) is 10.2 Å². The van der Waals surface area contributed by atoms with Crippen LogP contribution in [0.2, 0.25) is 0 Å². The summed E-state index contributed by atoms with van der Waals surface area (Å²) in [5.41, 5.74) is 0.308. The summed E-state index contributed by atoms with van der Waals surface area (Å²) in [5.74, 6) is -2.91. The summed E-state index contributed by atoms with van der Waals surface area (Å²) in [4.78, 5) is 42.9. The number of aliphatic imine (C=N–C) groups is 1. The van der Waals surface area contributed by atoms with Gasteiger partial charge in [-0.15, -0.1) is 0 Å². The van der Waals surface area contributed by atoms with E-state index < -0.39 is 11.9 Å². The first-order valence-electron chi connectivity index (χ1n) is 7.24. The first-order valence-corrected chi connectivity index (χ1v) is 8.06. The lowest BCUT2D eigenvalue weighted by Crippen LogP contribution is -2.19. The highest BCUT2D eigenvalue weighted by molar-refractivity contribution is 8.18. The maximum atomic E-state index is 12.0. The summed E-state index contributed by atoms with van der Waals surface area (Å²) >= 11 is 1.05. The molecular weight excluding hydrogens is 358 g/mol. The van der Waals surface area contributed by atoms with Crippen LogP contribution in [0.3, 0.4) is 0 Å². The molecule has 3 rings (SSSR count). The monoisotopic (exact) mass is 369 g/mol. The van der Waals surface area contributed by atoms with Crippen LogP contribution in [-0.2, 0) is 4.79 Å². The number of carboxylic acid groups (broad SMARTS) is 2. The molecule has 1 aliphatic rings. The van der Waals surface area contributed by atoms with Crippen molar-refractivity contribution in [2.24, 2.45) is 4.99 Å². The van der Waals surface area contributed by atoms with Crippen LogP contribution in [0.4, 0.5) is 5.69 Å². The van der Waals surface area contributed by atoms with Crippen molar-refractivity contribution in [2.45, 2.75) is 0 Å². The van der Waals surface area contributed by atoms with Gasteiger partial charge in [0, 0.05) is 6.20 Å². The number of aromatic nitrogens is 1. The Morgan fingerprint density at radius 2 is 1.81 bits per heavy atom. The molecule has 130 valence electrons. The molecule has 0 aliphatic carbocycles. The van der Waals surface area contributed by atoms with Crippen molar-refractivity contribution < 1.29 is 24.6 Å². The van der Waals surface area contributed by atoms with Gasteiger partial charge in [0.25, 0.3) is 5.91 Å². The Morgan fingerprint density at radius 3 is 2.38 bits per heavy atom. The second-order valence-corrected chi connectivity index (χ2v) is 6.15. The molecule has 8 nitrogen and oxygen atoms in total. The van der Waals surface area contributed by atoms with E-state index in [9.17, 15) is 14.4 Å². The molecule has 9 heteroatoms. The summed E-state index contributed by atoms with van der Waals surface area (Å²) in [6.07, 6.45) is 3.20. The van der Waals surface area contributed by atoms with Crippen LogP contribution in [0, 0.1) is 0 Å². The quantitative estimate of drug-likeness (QED) is 0.706. The Bertz CT molecular complexity index is 937. The van der Waals surface area contributed by atoms with E-state index in [2.05, 4.69) is 15.3 Å². The fourth-order valence-corrected chi connectivity index (χ4v) is 2.94. The minimum atomic E-state index is -1.27. The fraction of sp³-hybridized carbons (Fsp3) is 0. The third-order valence-electron chi connectivity index (χ3n) is 3.26. The number of aromatic carboxylic acids is 2. The summed E-state index contributed by atoms with van der Waals surface area (Å²) in [6.45, 7) is 0. The number of benzene rings is 1. The predicted octanol–water partition coefficient (Wildman–Crippen LogP) is 2.37. The molecule has 26 heavy (non-hydrogen) atoms. The number of nitrogens with one attached hydrogen (secondary N) is 1. The van der Waals surface area contributed by atoms with E-state index in [1.807, 2.05) is 0 Å². The molecule has 1 aromatic heterocycles. The zero-order valence-electron chi connectivity index (χ0n) is 13.0. The standard InChI is InChI=1S/C17H11N3O5S/c21-14-13(8-11-3-1-2-4-18-11)26-17(20-14)19-12-6-9(15(22)23)5-10(7-12)16(24)25/h1-8H,(H,22,23)(H,24,25)(H,19,20,21)/b13-8-. The second-order valence-electron chi connectivity index (χ2n) is 5.12. The van der Waals surface area contributed by atoms with Gasteiger partial charge >= 0.3 is 11.9 Å². The maximum absolute atomic E-state index is 12.0. The molecule has 1 saturated heterocycles. The number of thioether (sulfide) groups is 1. The van der Waals surface area contributed by atoms with Crippen molar-refractivity contribution in [2.75, 3.05) is 0 Å². The molecule has 0 radical (unpaired) electrons. The molecule has 0 spiro atoms. The Hall–Kier alpha value is -3.46. The Kier molecular flexibility index (Phi) is 4.81. The van der Waals surface area contributed by atoms with Crippen molar-refractivity contribution in [3.05, 3.63) is 64.3 Å². The average Bonchev–Trinajstić information content (AvgIpc) is 2.94. The van der Waals surface area contributed by atoms with Crippen LogP contribution >= 0.6 is 11.8 Å². The zero-order valence-corrected chi connectivity index (χ0v) is 13.9. The van der Waals surface area contributed by atoms with Crippen LogP contribution < -0.4 is 5.32 Å². The molecule has 2 heterocycles. The Balaban J connectivity index is 1.92. The number of hydrogen-bond donors (Lipinski definition) is 3. The second kappa shape index (κ2) is 7.19. The van der Waals surface area contributed by atoms with E-state index in [-0.39, 0.29) is 27.9 Å². The summed E-state index contributed by atoms with van der Waals surface area (Å²) < 4.78 is 0. The number of nitrogens with zero attached hydrogens (tertiary/aromatic N) is 2. The molecule has 0 saturated carbocycles. The summed E-state index contributed by atoms with van der Waals surface area (Å²) in [6, 6.07) is 8.79. The number of pyridine rings is 1. The first-order chi connectivity index (χ1) is 12.4. The van der Waals surface area contributed by atoms with Crippen molar-refractivity contribution in [1.82, 2.24) is 10.3 Å². The lowest BCUT2D eigenvalue weighted by Gasteiger charge is -2.02. The number of amides is 1. The summed E-state index contributed by atoms with van der Waals surface area (Å²) in [5, 5.41) is 21.0. The highest BCUT2D eigenvalue weighted by Crippen LogP contribution is 2.28. The van der Waals surface area contributed by atoms with Gasteiger partial charge in [0.1, 0.15) is 0 Å². The fourth-order valence-electron chi connectivity index (χ4n) is 2.12. The molecule has 1 amide bonds. The number of carboxylic acids is 2. The third-order valence-corrected chi connectivity index (χ3v) is 4.17. The third kappa shape index (κ3) is 3.95. The molecule has 0 bridgehead atoms. The van der Waals surface area contributed by atoms with Crippen LogP contribution in [-0.4, -0.2) is 38.2 Å². The van der Waals surface area contributed by atoms with Gasteiger partial charge in [-0.3, -0.25) is 9.78 Å². The van der Waals surface area contributed by atoms with Crippen molar-refractivity contribution in [1.29, 1.82) is 0 Å². The molecule has 0 unspecified atom stereocenters. The van der Waals surface area contributed by atoms with E-state index in [0.717, 1.165) is 17.8 Å². The highest BCUT2D eigenvalue weighted by Gasteiger charge is 2.24. The highest BCUT2D eigenvalue weighted by atomic mass is 32.2. The van der Waals surface area contributed by atoms with Crippen LogP contribution in [0.1, 0.15) is 26.4 Å². The minimum Gasteiger partial charge on any atom is -0.478 e. The number of carbonyl (C=O) groups excluding carboxylic acids is 1. The first kappa shape index (κ1) is 17.4.